The van der Waals surface area contributed by atoms with Crippen molar-refractivity contribution in [3.8, 4) is 11.3 Å². The molecule has 116 valence electrons. The standard InChI is InChI=1S/C16H11ClN2O3S/c1-9(20)18-16-19-15(21)14(23-16)8-12-5-6-13(22-12)10-3-2-4-11(17)7-10/h2-8H,1H3,(H,18,19,20,21). The third-order valence-corrected chi connectivity index (χ3v) is 4.05. The smallest absolute Gasteiger partial charge is 0.286 e. The molecule has 23 heavy (non-hydrogen) atoms. The summed E-state index contributed by atoms with van der Waals surface area (Å²) in [5.41, 5.74) is 0.850. The summed E-state index contributed by atoms with van der Waals surface area (Å²) in [6.45, 7) is 1.36. The van der Waals surface area contributed by atoms with Crippen LogP contribution in [0.25, 0.3) is 17.4 Å². The molecule has 2 heterocycles. The van der Waals surface area contributed by atoms with Gasteiger partial charge >= 0.3 is 0 Å². The van der Waals surface area contributed by atoms with Crippen LogP contribution in [0.3, 0.4) is 0 Å². The number of nitrogens with zero attached hydrogens (tertiary/aromatic N) is 1. The van der Waals surface area contributed by atoms with E-state index in [2.05, 4.69) is 10.3 Å². The molecule has 0 saturated carbocycles. The molecule has 0 radical (unpaired) electrons. The number of benzene rings is 1. The zero-order chi connectivity index (χ0) is 16.4. The molecule has 0 unspecified atom stereocenters. The van der Waals surface area contributed by atoms with E-state index < -0.39 is 5.91 Å². The van der Waals surface area contributed by atoms with Gasteiger partial charge in [0, 0.05) is 23.6 Å². The third kappa shape index (κ3) is 3.72. The fraction of sp³-hybridized carbons (Fsp3) is 0.0625. The van der Waals surface area contributed by atoms with Crippen molar-refractivity contribution in [1.82, 2.24) is 5.32 Å². The van der Waals surface area contributed by atoms with E-state index in [1.54, 1.807) is 30.3 Å². The van der Waals surface area contributed by atoms with Gasteiger partial charge in [-0.15, -0.1) is 0 Å². The van der Waals surface area contributed by atoms with Gasteiger partial charge in [-0.05, 0) is 36.0 Å². The zero-order valence-corrected chi connectivity index (χ0v) is 13.6. The van der Waals surface area contributed by atoms with Gasteiger partial charge in [-0.2, -0.15) is 4.99 Å². The SMILES string of the molecule is CC(=O)NC1=NC(=O)C(=Cc2ccc(-c3cccc(Cl)c3)o2)S1. The number of furan rings is 1. The summed E-state index contributed by atoms with van der Waals surface area (Å²) < 4.78 is 5.71. The number of amidine groups is 1. The summed E-state index contributed by atoms with van der Waals surface area (Å²) in [5, 5.41) is 3.38. The van der Waals surface area contributed by atoms with Gasteiger partial charge in [0.1, 0.15) is 11.5 Å². The quantitative estimate of drug-likeness (QED) is 0.841. The lowest BCUT2D eigenvalue weighted by Crippen LogP contribution is -2.23. The summed E-state index contributed by atoms with van der Waals surface area (Å²) in [5.74, 6) is 0.499. The van der Waals surface area contributed by atoms with E-state index in [1.807, 2.05) is 12.1 Å². The first-order chi connectivity index (χ1) is 11.0. The van der Waals surface area contributed by atoms with Crippen LogP contribution >= 0.6 is 23.4 Å². The predicted molar refractivity (Wildman–Crippen MR) is 91.0 cm³/mol. The maximum Gasteiger partial charge on any atom is 0.286 e. The number of nitrogens with one attached hydrogen (secondary N) is 1. The minimum atomic E-state index is -0.403. The Kier molecular flexibility index (Phi) is 4.36. The summed E-state index contributed by atoms with van der Waals surface area (Å²) in [4.78, 5) is 27.0. The molecule has 0 aliphatic carbocycles. The van der Waals surface area contributed by atoms with Crippen LogP contribution in [0, 0.1) is 0 Å². The number of halogens is 1. The predicted octanol–water partition coefficient (Wildman–Crippen LogP) is 3.71. The van der Waals surface area contributed by atoms with Crippen molar-refractivity contribution >= 4 is 46.4 Å². The molecule has 7 heteroatoms. The van der Waals surface area contributed by atoms with Crippen LogP contribution in [0.1, 0.15) is 12.7 Å². The molecular formula is C16H11ClN2O3S. The highest BCUT2D eigenvalue weighted by Gasteiger charge is 2.23. The Hall–Kier alpha value is -2.31. The average molecular weight is 347 g/mol. The van der Waals surface area contributed by atoms with Crippen molar-refractivity contribution in [3.63, 3.8) is 0 Å². The number of carbonyl (C=O) groups excluding carboxylic acids is 2. The topological polar surface area (TPSA) is 71.7 Å². The van der Waals surface area contributed by atoms with Crippen LogP contribution < -0.4 is 5.32 Å². The van der Waals surface area contributed by atoms with Gasteiger partial charge in [0.05, 0.1) is 4.91 Å². The molecule has 1 aromatic carbocycles. The molecule has 1 aromatic heterocycles. The fourth-order valence-corrected chi connectivity index (χ4v) is 3.00. The van der Waals surface area contributed by atoms with Crippen LogP contribution in [0.15, 0.2) is 50.7 Å². The Morgan fingerprint density at radius 1 is 1.35 bits per heavy atom. The van der Waals surface area contributed by atoms with E-state index >= 15 is 0 Å². The van der Waals surface area contributed by atoms with Gasteiger partial charge in [-0.25, -0.2) is 0 Å². The molecule has 0 bridgehead atoms. The molecule has 3 rings (SSSR count). The average Bonchev–Trinajstić information content (AvgIpc) is 3.06. The largest absolute Gasteiger partial charge is 0.457 e. The third-order valence-electron chi connectivity index (χ3n) is 2.91. The van der Waals surface area contributed by atoms with Crippen molar-refractivity contribution in [2.75, 3.05) is 0 Å². The highest BCUT2D eigenvalue weighted by atomic mass is 35.5. The van der Waals surface area contributed by atoms with Crippen LogP contribution in [0.5, 0.6) is 0 Å². The minimum absolute atomic E-state index is 0.272. The number of carbonyl (C=O) groups is 2. The Labute approximate surface area is 141 Å². The molecule has 5 nitrogen and oxygen atoms in total. The number of rotatable bonds is 2. The van der Waals surface area contributed by atoms with Crippen LogP contribution in [0.4, 0.5) is 0 Å². The van der Waals surface area contributed by atoms with Crippen molar-refractivity contribution in [3.05, 3.63) is 52.1 Å². The van der Waals surface area contributed by atoms with Crippen LogP contribution in [0.2, 0.25) is 5.02 Å². The second-order valence-electron chi connectivity index (χ2n) is 4.73. The monoisotopic (exact) mass is 346 g/mol. The number of hydrogen-bond acceptors (Lipinski definition) is 4. The maximum atomic E-state index is 11.8. The lowest BCUT2D eigenvalue weighted by Gasteiger charge is -1.98. The molecule has 0 saturated heterocycles. The Balaban J connectivity index is 1.80. The van der Waals surface area contributed by atoms with Crippen LogP contribution in [-0.4, -0.2) is 17.0 Å². The van der Waals surface area contributed by atoms with E-state index in [0.717, 1.165) is 17.3 Å². The second kappa shape index (κ2) is 6.44. The number of aliphatic imine (C=N–C) groups is 1. The van der Waals surface area contributed by atoms with Crippen molar-refractivity contribution in [1.29, 1.82) is 0 Å². The molecule has 1 aliphatic rings. The Bertz CT molecular complexity index is 855. The van der Waals surface area contributed by atoms with Crippen molar-refractivity contribution in [2.24, 2.45) is 4.99 Å². The first-order valence-electron chi connectivity index (χ1n) is 6.67. The molecule has 0 spiro atoms. The summed E-state index contributed by atoms with van der Waals surface area (Å²) in [6, 6.07) is 10.9. The Morgan fingerprint density at radius 3 is 2.91 bits per heavy atom. The van der Waals surface area contributed by atoms with Gasteiger partial charge in [-0.3, -0.25) is 9.59 Å². The van der Waals surface area contributed by atoms with Crippen molar-refractivity contribution in [2.45, 2.75) is 6.92 Å². The van der Waals surface area contributed by atoms with Crippen molar-refractivity contribution < 1.29 is 14.0 Å². The first-order valence-corrected chi connectivity index (χ1v) is 7.86. The normalized spacial score (nSPS) is 15.8. The van der Waals surface area contributed by atoms with Gasteiger partial charge in [-0.1, -0.05) is 23.7 Å². The lowest BCUT2D eigenvalue weighted by molar-refractivity contribution is -0.117. The number of hydrogen-bond donors (Lipinski definition) is 1. The van der Waals surface area contributed by atoms with E-state index in [4.69, 9.17) is 16.0 Å². The van der Waals surface area contributed by atoms with Gasteiger partial charge < -0.3 is 9.73 Å². The number of amides is 2. The van der Waals surface area contributed by atoms with E-state index in [0.29, 0.717) is 21.4 Å². The zero-order valence-electron chi connectivity index (χ0n) is 12.0. The van der Waals surface area contributed by atoms with Gasteiger partial charge in [0.15, 0.2) is 5.17 Å². The van der Waals surface area contributed by atoms with E-state index in [1.165, 1.54) is 6.92 Å². The molecule has 2 amide bonds. The minimum Gasteiger partial charge on any atom is -0.457 e. The van der Waals surface area contributed by atoms with Gasteiger partial charge in [0.25, 0.3) is 5.91 Å². The first kappa shape index (κ1) is 15.6. The molecule has 1 aliphatic heterocycles. The maximum absolute atomic E-state index is 11.8. The van der Waals surface area contributed by atoms with Crippen LogP contribution in [-0.2, 0) is 9.59 Å². The summed E-state index contributed by atoms with van der Waals surface area (Å²) in [7, 11) is 0. The second-order valence-corrected chi connectivity index (χ2v) is 6.19. The van der Waals surface area contributed by atoms with Gasteiger partial charge in [0.2, 0.25) is 5.91 Å². The summed E-state index contributed by atoms with van der Waals surface area (Å²) in [6.07, 6.45) is 1.60. The summed E-state index contributed by atoms with van der Waals surface area (Å²) >= 11 is 7.06. The lowest BCUT2D eigenvalue weighted by atomic mass is 10.2. The molecule has 0 atom stereocenters. The molecule has 2 aromatic rings. The molecule has 1 N–H and O–H groups in total. The molecular weight excluding hydrogens is 336 g/mol. The Morgan fingerprint density at radius 2 is 2.17 bits per heavy atom. The highest BCUT2D eigenvalue weighted by molar-refractivity contribution is 8.18. The van der Waals surface area contributed by atoms with E-state index in [-0.39, 0.29) is 11.1 Å². The highest BCUT2D eigenvalue weighted by Crippen LogP contribution is 2.30. The molecule has 0 fully saturated rings. The number of thioether (sulfide) groups is 1. The fourth-order valence-electron chi connectivity index (χ4n) is 1.97. The van der Waals surface area contributed by atoms with E-state index in [9.17, 15) is 9.59 Å².